The van der Waals surface area contributed by atoms with Crippen molar-refractivity contribution in [3.8, 4) is 17.1 Å². The zero-order valence-electron chi connectivity index (χ0n) is 17.5. The van der Waals surface area contributed by atoms with Crippen LogP contribution in [0.25, 0.3) is 11.4 Å². The van der Waals surface area contributed by atoms with Gasteiger partial charge in [0.15, 0.2) is 5.82 Å². The Morgan fingerprint density at radius 2 is 1.88 bits per heavy atom. The molecule has 0 fully saturated rings. The molecule has 3 N–H and O–H groups in total. The number of carbonyl (C=O) groups is 1. The number of hydrogen-bond donors (Lipinski definition) is 3. The Balaban J connectivity index is 1.60. The number of pyridine rings is 1. The number of halogens is 1. The van der Waals surface area contributed by atoms with E-state index < -0.39 is 6.04 Å². The van der Waals surface area contributed by atoms with Gasteiger partial charge in [0.25, 0.3) is 5.91 Å². The predicted octanol–water partition coefficient (Wildman–Crippen LogP) is 4.74. The first-order valence-corrected chi connectivity index (χ1v) is 11.0. The lowest BCUT2D eigenvalue weighted by Crippen LogP contribution is -2.31. The van der Waals surface area contributed by atoms with Crippen molar-refractivity contribution < 1.29 is 9.90 Å². The number of benzene rings is 2. The molecular weight excluding hydrogens is 484 g/mol. The van der Waals surface area contributed by atoms with E-state index in [1.54, 1.807) is 53.5 Å². The molecule has 4 aromatic rings. The molecule has 3 heterocycles. The van der Waals surface area contributed by atoms with Gasteiger partial charge in [0.05, 0.1) is 17.5 Å². The maximum atomic E-state index is 13.4. The summed E-state index contributed by atoms with van der Waals surface area (Å²) in [5.74, 6) is 0.927. The summed E-state index contributed by atoms with van der Waals surface area (Å²) in [6.45, 7) is 1.85. The van der Waals surface area contributed by atoms with Crippen LogP contribution in [-0.2, 0) is 4.79 Å². The first kappa shape index (κ1) is 20.9. The monoisotopic (exact) mass is 502 g/mol. The average Bonchev–Trinajstić information content (AvgIpc) is 3.23. The number of rotatable bonds is 4. The molecule has 0 saturated carbocycles. The third-order valence-electron chi connectivity index (χ3n) is 5.33. The van der Waals surface area contributed by atoms with Crippen molar-refractivity contribution in [3.05, 3.63) is 94.4 Å². The van der Waals surface area contributed by atoms with Gasteiger partial charge >= 0.3 is 0 Å². The number of aromatic hydroxyl groups is 1. The van der Waals surface area contributed by atoms with Crippen molar-refractivity contribution in [2.45, 2.75) is 13.0 Å². The Kier molecular flexibility index (Phi) is 5.39. The minimum Gasteiger partial charge on any atom is -0.508 e. The fourth-order valence-corrected chi connectivity index (χ4v) is 4.03. The Hall–Kier alpha value is -3.98. The molecule has 1 unspecified atom stereocenters. The number of amides is 1. The zero-order chi connectivity index (χ0) is 22.9. The summed E-state index contributed by atoms with van der Waals surface area (Å²) in [6, 6.07) is 17.5. The minimum atomic E-state index is -0.496. The van der Waals surface area contributed by atoms with Gasteiger partial charge in [-0.05, 0) is 61.0 Å². The number of nitrogens with zero attached hydrogens (tertiary/aromatic N) is 4. The van der Waals surface area contributed by atoms with Crippen LogP contribution in [0.5, 0.6) is 5.75 Å². The molecule has 5 rings (SSSR count). The normalized spacial score (nSPS) is 15.0. The summed E-state index contributed by atoms with van der Waals surface area (Å²) >= 11 is 3.48. The van der Waals surface area contributed by atoms with Crippen LogP contribution < -0.4 is 10.6 Å². The van der Waals surface area contributed by atoms with E-state index >= 15 is 0 Å². The summed E-state index contributed by atoms with van der Waals surface area (Å²) in [5.41, 5.74) is 3.45. The molecule has 9 heteroatoms. The number of phenols is 1. The van der Waals surface area contributed by atoms with Crippen LogP contribution in [-0.4, -0.2) is 30.8 Å². The van der Waals surface area contributed by atoms with E-state index in [1.165, 1.54) is 0 Å². The second-order valence-corrected chi connectivity index (χ2v) is 8.48. The van der Waals surface area contributed by atoms with Crippen LogP contribution in [0, 0.1) is 0 Å². The minimum absolute atomic E-state index is 0.167. The lowest BCUT2D eigenvalue weighted by atomic mass is 9.95. The largest absolute Gasteiger partial charge is 0.508 e. The van der Waals surface area contributed by atoms with Crippen LogP contribution in [0.2, 0.25) is 0 Å². The summed E-state index contributed by atoms with van der Waals surface area (Å²) in [7, 11) is 0. The van der Waals surface area contributed by atoms with Gasteiger partial charge in [0.1, 0.15) is 11.8 Å². The van der Waals surface area contributed by atoms with E-state index in [0.29, 0.717) is 28.7 Å². The van der Waals surface area contributed by atoms with Gasteiger partial charge in [0, 0.05) is 21.9 Å². The van der Waals surface area contributed by atoms with Crippen LogP contribution >= 0.6 is 15.9 Å². The number of fused-ring (bicyclic) bond motifs is 1. The van der Waals surface area contributed by atoms with E-state index in [9.17, 15) is 9.90 Å². The standard InChI is InChI=1S/C24H19BrN6O2/c1-14-20(23(33)28-18-3-2-12-26-13-18)21(15-4-8-17(25)9-5-15)31-24(27-14)29-22(30-31)16-6-10-19(32)11-7-16/h2-13,21,32H,1H3,(H,28,33)(H,27,29,30). The molecule has 2 aromatic carbocycles. The highest BCUT2D eigenvalue weighted by atomic mass is 79.9. The number of allylic oxidation sites excluding steroid dienone is 1. The number of nitrogens with one attached hydrogen (secondary N) is 2. The molecule has 2 aromatic heterocycles. The Bertz CT molecular complexity index is 1350. The molecule has 0 saturated heterocycles. The molecule has 0 radical (unpaired) electrons. The average molecular weight is 503 g/mol. The predicted molar refractivity (Wildman–Crippen MR) is 129 cm³/mol. The smallest absolute Gasteiger partial charge is 0.255 e. The molecule has 0 aliphatic carbocycles. The SMILES string of the molecule is CC1=C(C(=O)Nc2cccnc2)C(c2ccc(Br)cc2)n2nc(-c3ccc(O)cc3)nc2N1. The molecule has 33 heavy (non-hydrogen) atoms. The number of anilines is 2. The molecule has 1 aliphatic heterocycles. The summed E-state index contributed by atoms with van der Waals surface area (Å²) in [4.78, 5) is 22.1. The molecule has 1 atom stereocenters. The Morgan fingerprint density at radius 1 is 1.12 bits per heavy atom. The lowest BCUT2D eigenvalue weighted by Gasteiger charge is -2.28. The van der Waals surface area contributed by atoms with E-state index in [0.717, 1.165) is 15.6 Å². The van der Waals surface area contributed by atoms with Crippen molar-refractivity contribution in [1.82, 2.24) is 19.7 Å². The van der Waals surface area contributed by atoms with Gasteiger partial charge in [-0.2, -0.15) is 4.98 Å². The summed E-state index contributed by atoms with van der Waals surface area (Å²) in [5, 5.41) is 20.5. The second kappa shape index (κ2) is 8.51. The molecule has 1 aliphatic rings. The fourth-order valence-electron chi connectivity index (χ4n) is 3.77. The first-order chi connectivity index (χ1) is 16.0. The molecule has 0 spiro atoms. The Labute approximate surface area is 198 Å². The zero-order valence-corrected chi connectivity index (χ0v) is 19.1. The second-order valence-electron chi connectivity index (χ2n) is 7.56. The van der Waals surface area contributed by atoms with Crippen molar-refractivity contribution in [2.24, 2.45) is 0 Å². The highest BCUT2D eigenvalue weighted by molar-refractivity contribution is 9.10. The maximum absolute atomic E-state index is 13.4. The topological polar surface area (TPSA) is 105 Å². The number of aromatic nitrogens is 4. The van der Waals surface area contributed by atoms with Gasteiger partial charge in [-0.1, -0.05) is 28.1 Å². The highest BCUT2D eigenvalue weighted by Gasteiger charge is 2.34. The number of phenolic OH excluding ortho intramolecular Hbond substituents is 1. The fraction of sp³-hybridized carbons (Fsp3) is 0.0833. The van der Waals surface area contributed by atoms with Crippen LogP contribution in [0.15, 0.2) is 88.8 Å². The first-order valence-electron chi connectivity index (χ1n) is 10.2. The van der Waals surface area contributed by atoms with E-state index in [1.807, 2.05) is 31.2 Å². The maximum Gasteiger partial charge on any atom is 0.255 e. The summed E-state index contributed by atoms with van der Waals surface area (Å²) in [6.07, 6.45) is 3.25. The van der Waals surface area contributed by atoms with Crippen molar-refractivity contribution in [3.63, 3.8) is 0 Å². The third-order valence-corrected chi connectivity index (χ3v) is 5.86. The third kappa shape index (κ3) is 4.10. The van der Waals surface area contributed by atoms with E-state index in [2.05, 4.69) is 36.5 Å². The van der Waals surface area contributed by atoms with Crippen molar-refractivity contribution in [2.75, 3.05) is 10.6 Å². The quantitative estimate of drug-likeness (QED) is 0.372. The van der Waals surface area contributed by atoms with Gasteiger partial charge in [-0.3, -0.25) is 9.78 Å². The van der Waals surface area contributed by atoms with Gasteiger partial charge in [-0.25, -0.2) is 4.68 Å². The molecular formula is C24H19BrN6O2. The molecule has 0 bridgehead atoms. The molecule has 1 amide bonds. The van der Waals surface area contributed by atoms with Crippen LogP contribution in [0.3, 0.4) is 0 Å². The van der Waals surface area contributed by atoms with Crippen LogP contribution in [0.4, 0.5) is 11.6 Å². The van der Waals surface area contributed by atoms with Gasteiger partial charge in [0.2, 0.25) is 5.95 Å². The van der Waals surface area contributed by atoms with Crippen molar-refractivity contribution >= 4 is 33.5 Å². The van der Waals surface area contributed by atoms with E-state index in [-0.39, 0.29) is 11.7 Å². The van der Waals surface area contributed by atoms with Crippen LogP contribution in [0.1, 0.15) is 18.5 Å². The highest BCUT2D eigenvalue weighted by Crippen LogP contribution is 2.37. The summed E-state index contributed by atoms with van der Waals surface area (Å²) < 4.78 is 2.65. The Morgan fingerprint density at radius 3 is 2.58 bits per heavy atom. The number of hydrogen-bond acceptors (Lipinski definition) is 6. The lowest BCUT2D eigenvalue weighted by molar-refractivity contribution is -0.113. The number of carbonyl (C=O) groups excluding carboxylic acids is 1. The molecule has 8 nitrogen and oxygen atoms in total. The van der Waals surface area contributed by atoms with Gasteiger partial charge in [-0.15, -0.1) is 5.10 Å². The van der Waals surface area contributed by atoms with Gasteiger partial charge < -0.3 is 15.7 Å². The van der Waals surface area contributed by atoms with Crippen molar-refractivity contribution in [1.29, 1.82) is 0 Å². The molecule has 164 valence electrons. The van der Waals surface area contributed by atoms with E-state index in [4.69, 9.17) is 5.10 Å².